The first kappa shape index (κ1) is 24.3. The van der Waals surface area contributed by atoms with Crippen molar-refractivity contribution >= 4 is 41.3 Å². The van der Waals surface area contributed by atoms with Crippen LogP contribution in [0.15, 0.2) is 53.1 Å². The van der Waals surface area contributed by atoms with Crippen LogP contribution in [0.5, 0.6) is 0 Å². The quantitative estimate of drug-likeness (QED) is 0.253. The maximum Gasteiger partial charge on any atom is 0.194 e. The monoisotopic (exact) mass is 542 g/mol. The van der Waals surface area contributed by atoms with Gasteiger partial charge < -0.3 is 14.8 Å². The number of aromatic nitrogens is 3. The van der Waals surface area contributed by atoms with Crippen LogP contribution in [0.1, 0.15) is 23.2 Å². The summed E-state index contributed by atoms with van der Waals surface area (Å²) in [6.07, 6.45) is 3.51. The molecular weight excluding hydrogens is 514 g/mol. The second-order valence-corrected chi connectivity index (χ2v) is 7.77. The van der Waals surface area contributed by atoms with Gasteiger partial charge in [0.25, 0.3) is 0 Å². The fraction of sp³-hybridized carbons (Fsp3) is 0.381. The minimum absolute atomic E-state index is 0. The summed E-state index contributed by atoms with van der Waals surface area (Å²) in [6.45, 7) is 4.81. The molecule has 0 radical (unpaired) electrons. The smallest absolute Gasteiger partial charge is 0.194 e. The van der Waals surface area contributed by atoms with Crippen molar-refractivity contribution in [1.82, 2.24) is 25.0 Å². The minimum Gasteiger partial charge on any atom is -0.354 e. The van der Waals surface area contributed by atoms with E-state index in [1.54, 1.807) is 29.8 Å². The van der Waals surface area contributed by atoms with Crippen LogP contribution in [0.3, 0.4) is 0 Å². The Morgan fingerprint density at radius 2 is 2.17 bits per heavy atom. The van der Waals surface area contributed by atoms with Gasteiger partial charge in [-0.1, -0.05) is 25.1 Å². The lowest BCUT2D eigenvalue weighted by Crippen LogP contribution is -2.40. The van der Waals surface area contributed by atoms with Crippen molar-refractivity contribution in [1.29, 1.82) is 0 Å². The highest BCUT2D eigenvalue weighted by molar-refractivity contribution is 14.0. The topological polar surface area (TPSA) is 58.3 Å². The number of benzene rings is 1. The summed E-state index contributed by atoms with van der Waals surface area (Å²) in [4.78, 5) is 8.12. The molecule has 162 valence electrons. The lowest BCUT2D eigenvalue weighted by Gasteiger charge is -2.23. The first-order valence-electron chi connectivity index (χ1n) is 9.78. The zero-order chi connectivity index (χ0) is 20.5. The lowest BCUT2D eigenvalue weighted by molar-refractivity contribution is 0.469. The molecule has 2 heterocycles. The standard InChI is InChI=1S/C21H27FN6S.HI/c1-3-20-26-25-16-28(20)12-11-24-21(23-10-9-19-8-5-13-29-19)27(2)15-17-6-4-7-18(22)14-17;/h4-8,13-14,16H,3,9-12,15H2,1-2H3,(H,23,24);1H. The van der Waals surface area contributed by atoms with Crippen LogP contribution in [0, 0.1) is 5.82 Å². The largest absolute Gasteiger partial charge is 0.354 e. The SMILES string of the molecule is CCc1nncn1CCNC(=NCCc1cccs1)N(C)Cc1cccc(F)c1.I. The number of thiophene rings is 1. The third kappa shape index (κ3) is 7.35. The summed E-state index contributed by atoms with van der Waals surface area (Å²) < 4.78 is 15.6. The molecule has 1 aromatic carbocycles. The van der Waals surface area contributed by atoms with Crippen molar-refractivity contribution in [2.24, 2.45) is 4.99 Å². The van der Waals surface area contributed by atoms with E-state index in [9.17, 15) is 4.39 Å². The summed E-state index contributed by atoms with van der Waals surface area (Å²) in [5.41, 5.74) is 0.910. The van der Waals surface area contributed by atoms with E-state index in [4.69, 9.17) is 4.99 Å². The normalized spacial score (nSPS) is 11.2. The Kier molecular flexibility index (Phi) is 10.2. The molecule has 6 nitrogen and oxygen atoms in total. The first-order chi connectivity index (χ1) is 14.2. The molecule has 0 aliphatic heterocycles. The van der Waals surface area contributed by atoms with Crippen LogP contribution in [0.25, 0.3) is 0 Å². The summed E-state index contributed by atoms with van der Waals surface area (Å²) in [7, 11) is 1.97. The van der Waals surface area contributed by atoms with Crippen molar-refractivity contribution < 1.29 is 4.39 Å². The number of rotatable bonds is 9. The van der Waals surface area contributed by atoms with E-state index in [0.717, 1.165) is 36.7 Å². The molecule has 0 bridgehead atoms. The molecule has 1 N–H and O–H groups in total. The van der Waals surface area contributed by atoms with E-state index in [-0.39, 0.29) is 29.8 Å². The third-order valence-electron chi connectivity index (χ3n) is 4.52. The Morgan fingerprint density at radius 3 is 2.90 bits per heavy atom. The Bertz CT molecular complexity index is 912. The van der Waals surface area contributed by atoms with Crippen LogP contribution < -0.4 is 5.32 Å². The molecular formula is C21H28FIN6S. The second kappa shape index (κ2) is 12.6. The molecule has 0 amide bonds. The van der Waals surface area contributed by atoms with E-state index >= 15 is 0 Å². The average molecular weight is 542 g/mol. The summed E-state index contributed by atoms with van der Waals surface area (Å²) in [5, 5.41) is 13.6. The van der Waals surface area contributed by atoms with Crippen LogP contribution in [-0.2, 0) is 25.9 Å². The number of aliphatic imine (C=N–C) groups is 1. The van der Waals surface area contributed by atoms with Gasteiger partial charge in [0.15, 0.2) is 5.96 Å². The van der Waals surface area contributed by atoms with Gasteiger partial charge in [0.2, 0.25) is 0 Å². The second-order valence-electron chi connectivity index (χ2n) is 6.74. The molecule has 0 saturated carbocycles. The molecule has 0 aliphatic carbocycles. The maximum absolute atomic E-state index is 13.5. The average Bonchev–Trinajstić information content (AvgIpc) is 3.38. The Labute approximate surface area is 198 Å². The molecule has 30 heavy (non-hydrogen) atoms. The van der Waals surface area contributed by atoms with Gasteiger partial charge in [-0.3, -0.25) is 4.99 Å². The molecule has 0 atom stereocenters. The lowest BCUT2D eigenvalue weighted by atomic mass is 10.2. The van der Waals surface area contributed by atoms with E-state index in [1.165, 1.54) is 10.9 Å². The molecule has 0 saturated heterocycles. The Balaban J connectivity index is 0.00000320. The third-order valence-corrected chi connectivity index (χ3v) is 5.45. The van der Waals surface area contributed by atoms with Crippen LogP contribution in [0.4, 0.5) is 4.39 Å². The number of guanidine groups is 1. The number of hydrogen-bond donors (Lipinski definition) is 1. The van der Waals surface area contributed by atoms with Crippen molar-refractivity contribution in [2.45, 2.75) is 32.9 Å². The highest BCUT2D eigenvalue weighted by Gasteiger charge is 2.09. The van der Waals surface area contributed by atoms with E-state index in [0.29, 0.717) is 19.6 Å². The van der Waals surface area contributed by atoms with Gasteiger partial charge in [0.05, 0.1) is 0 Å². The van der Waals surface area contributed by atoms with Gasteiger partial charge in [0, 0.05) is 50.9 Å². The van der Waals surface area contributed by atoms with Crippen LogP contribution in [-0.4, -0.2) is 45.8 Å². The van der Waals surface area contributed by atoms with Gasteiger partial charge in [0.1, 0.15) is 18.0 Å². The molecule has 0 fully saturated rings. The number of aryl methyl sites for hydroxylation is 1. The number of nitrogens with one attached hydrogen (secondary N) is 1. The highest BCUT2D eigenvalue weighted by atomic mass is 127. The maximum atomic E-state index is 13.5. The molecule has 9 heteroatoms. The van der Waals surface area contributed by atoms with Gasteiger partial charge in [-0.05, 0) is 29.1 Å². The van der Waals surface area contributed by atoms with Crippen LogP contribution >= 0.6 is 35.3 Å². The van der Waals surface area contributed by atoms with Crippen molar-refractivity contribution in [3.05, 3.63) is 70.2 Å². The van der Waals surface area contributed by atoms with E-state index in [1.807, 2.05) is 22.6 Å². The van der Waals surface area contributed by atoms with Crippen LogP contribution in [0.2, 0.25) is 0 Å². The Hall–Kier alpha value is -2.01. The van der Waals surface area contributed by atoms with Gasteiger partial charge in [-0.25, -0.2) is 4.39 Å². The zero-order valence-electron chi connectivity index (χ0n) is 17.3. The Morgan fingerprint density at radius 1 is 1.30 bits per heavy atom. The fourth-order valence-electron chi connectivity index (χ4n) is 3.05. The first-order valence-corrected chi connectivity index (χ1v) is 10.7. The molecule has 2 aromatic heterocycles. The van der Waals surface area contributed by atoms with Gasteiger partial charge >= 0.3 is 0 Å². The number of hydrogen-bond acceptors (Lipinski definition) is 4. The summed E-state index contributed by atoms with van der Waals surface area (Å²) in [6, 6.07) is 10.9. The van der Waals surface area contributed by atoms with Gasteiger partial charge in [-0.15, -0.1) is 45.5 Å². The highest BCUT2D eigenvalue weighted by Crippen LogP contribution is 2.10. The van der Waals surface area contributed by atoms with E-state index < -0.39 is 0 Å². The number of halogens is 2. The van der Waals surface area contributed by atoms with Crippen molar-refractivity contribution in [3.63, 3.8) is 0 Å². The minimum atomic E-state index is -0.222. The van der Waals surface area contributed by atoms with E-state index in [2.05, 4.69) is 40.0 Å². The molecule has 3 aromatic rings. The summed E-state index contributed by atoms with van der Waals surface area (Å²) >= 11 is 1.75. The molecule has 0 spiro atoms. The van der Waals surface area contributed by atoms with Crippen molar-refractivity contribution in [2.75, 3.05) is 20.1 Å². The molecule has 0 unspecified atom stereocenters. The molecule has 0 aliphatic rings. The fourth-order valence-corrected chi connectivity index (χ4v) is 3.75. The zero-order valence-corrected chi connectivity index (χ0v) is 20.4. The van der Waals surface area contributed by atoms with Gasteiger partial charge in [-0.2, -0.15) is 0 Å². The summed E-state index contributed by atoms with van der Waals surface area (Å²) in [5.74, 6) is 1.55. The molecule has 3 rings (SSSR count). The number of nitrogens with zero attached hydrogens (tertiary/aromatic N) is 5. The predicted octanol–water partition coefficient (Wildman–Crippen LogP) is 3.98. The van der Waals surface area contributed by atoms with Crippen molar-refractivity contribution in [3.8, 4) is 0 Å². The predicted molar refractivity (Wildman–Crippen MR) is 131 cm³/mol.